The van der Waals surface area contributed by atoms with E-state index in [0.717, 1.165) is 32.2 Å². The molecule has 0 amide bonds. The first kappa shape index (κ1) is 34.8. The standard InChI is InChI=1S/C9H18N2.C9H20O4P2.2C2H6/c1-8(2)11(9(3)4)7-5-6-10;1-11-15(12-2)9-5-3-8(4-6-9)7-13-14-10;2*1-2/h8-9H,5,7H2,1-4H3;8-10,14H,3-7H2,1-2H3;2*1-2H3. The average molecular weight is 469 g/mol. The highest BCUT2D eigenvalue weighted by Crippen LogP contribution is 2.49. The van der Waals surface area contributed by atoms with Crippen molar-refractivity contribution < 1.29 is 18.5 Å². The van der Waals surface area contributed by atoms with Gasteiger partial charge in [-0.2, -0.15) is 5.26 Å². The van der Waals surface area contributed by atoms with E-state index in [1.165, 1.54) is 0 Å². The largest absolute Gasteiger partial charge is 0.352 e. The first-order chi connectivity index (χ1) is 14.4. The second kappa shape index (κ2) is 25.4. The number of hydrogen-bond donors (Lipinski definition) is 1. The van der Waals surface area contributed by atoms with Gasteiger partial charge in [0.15, 0.2) is 17.4 Å². The monoisotopic (exact) mass is 468 g/mol. The van der Waals surface area contributed by atoms with Gasteiger partial charge < -0.3 is 18.5 Å². The Balaban J connectivity index is -0.000000431. The zero-order valence-electron chi connectivity index (χ0n) is 21.3. The molecule has 0 aliphatic heterocycles. The van der Waals surface area contributed by atoms with E-state index in [1.54, 1.807) is 14.2 Å². The second-order valence-corrected chi connectivity index (χ2v) is 9.56. The highest BCUT2D eigenvalue weighted by Gasteiger charge is 2.28. The molecule has 8 heteroatoms. The summed E-state index contributed by atoms with van der Waals surface area (Å²) in [5, 5.41) is 8.40. The summed E-state index contributed by atoms with van der Waals surface area (Å²) in [6.07, 6.45) is 5.24. The minimum Gasteiger partial charge on any atom is -0.352 e. The number of nitriles is 1. The Bertz CT molecular complexity index is 363. The Morgan fingerprint density at radius 1 is 1.00 bits per heavy atom. The lowest BCUT2D eigenvalue weighted by molar-refractivity contribution is 0.179. The molecule has 0 aromatic carbocycles. The fourth-order valence-electron chi connectivity index (χ4n) is 3.34. The third-order valence-electron chi connectivity index (χ3n) is 4.67. The molecule has 1 aliphatic carbocycles. The Hall–Kier alpha value is 0.150. The first-order valence-corrected chi connectivity index (χ1v) is 13.5. The molecule has 182 valence electrons. The molecular formula is C22H50N2O4P2. The molecular weight excluding hydrogens is 418 g/mol. The Kier molecular flexibility index (Phi) is 29.4. The summed E-state index contributed by atoms with van der Waals surface area (Å²) in [5.41, 5.74) is 0.572. The van der Waals surface area contributed by atoms with Crippen LogP contribution in [0.15, 0.2) is 0 Å². The van der Waals surface area contributed by atoms with E-state index in [-0.39, 0.29) is 9.03 Å². The number of hydrogen-bond acceptors (Lipinski definition) is 6. The molecule has 1 saturated carbocycles. The van der Waals surface area contributed by atoms with Crippen LogP contribution in [0.25, 0.3) is 0 Å². The lowest BCUT2D eigenvalue weighted by Gasteiger charge is -2.31. The summed E-state index contributed by atoms with van der Waals surface area (Å²) in [4.78, 5) is 10.9. The fourth-order valence-corrected chi connectivity index (χ4v) is 5.12. The highest BCUT2D eigenvalue weighted by atomic mass is 31.2. The predicted molar refractivity (Wildman–Crippen MR) is 133 cm³/mol. The van der Waals surface area contributed by atoms with Gasteiger partial charge in [0.25, 0.3) is 0 Å². The van der Waals surface area contributed by atoms with Crippen LogP contribution in [0.4, 0.5) is 0 Å². The van der Waals surface area contributed by atoms with Crippen molar-refractivity contribution in [2.45, 2.75) is 105 Å². The summed E-state index contributed by atoms with van der Waals surface area (Å²) in [7, 11) is 2.37. The van der Waals surface area contributed by atoms with Gasteiger partial charge in [0.05, 0.1) is 12.7 Å². The average Bonchev–Trinajstić information content (AvgIpc) is 2.77. The van der Waals surface area contributed by atoms with Crippen molar-refractivity contribution >= 4 is 17.4 Å². The minimum absolute atomic E-state index is 0.374. The molecule has 1 atom stereocenters. The van der Waals surface area contributed by atoms with Crippen molar-refractivity contribution in [1.82, 2.24) is 4.90 Å². The molecule has 0 bridgehead atoms. The predicted octanol–water partition coefficient (Wildman–Crippen LogP) is 6.74. The molecule has 0 aromatic rings. The van der Waals surface area contributed by atoms with E-state index >= 15 is 0 Å². The van der Waals surface area contributed by atoms with Crippen molar-refractivity contribution in [3.8, 4) is 6.07 Å². The molecule has 0 spiro atoms. The third kappa shape index (κ3) is 17.8. The molecule has 0 heterocycles. The lowest BCUT2D eigenvalue weighted by atomic mass is 9.90. The number of rotatable bonds is 10. The molecule has 1 rings (SSSR count). The van der Waals surface area contributed by atoms with Crippen LogP contribution < -0.4 is 0 Å². The van der Waals surface area contributed by atoms with Gasteiger partial charge in [-0.1, -0.05) is 27.7 Å². The first-order valence-electron chi connectivity index (χ1n) is 11.4. The minimum atomic E-state index is -0.695. The quantitative estimate of drug-likeness (QED) is 0.358. The van der Waals surface area contributed by atoms with Crippen molar-refractivity contribution in [3.05, 3.63) is 0 Å². The van der Waals surface area contributed by atoms with E-state index in [1.807, 2.05) is 27.7 Å². The van der Waals surface area contributed by atoms with Crippen molar-refractivity contribution in [3.63, 3.8) is 0 Å². The van der Waals surface area contributed by atoms with Crippen LogP contribution >= 0.6 is 17.4 Å². The van der Waals surface area contributed by atoms with Crippen LogP contribution in [0, 0.1) is 17.2 Å². The Morgan fingerprint density at radius 3 is 1.80 bits per heavy atom. The van der Waals surface area contributed by atoms with E-state index in [4.69, 9.17) is 23.7 Å². The van der Waals surface area contributed by atoms with E-state index in [0.29, 0.717) is 36.7 Å². The van der Waals surface area contributed by atoms with Gasteiger partial charge in [0.1, 0.15) is 0 Å². The molecule has 1 fully saturated rings. The van der Waals surface area contributed by atoms with Crippen LogP contribution in [-0.4, -0.2) is 54.9 Å². The van der Waals surface area contributed by atoms with E-state index in [9.17, 15) is 0 Å². The maximum Gasteiger partial charge on any atom is 0.173 e. The van der Waals surface area contributed by atoms with E-state index < -0.39 is 8.38 Å². The summed E-state index contributed by atoms with van der Waals surface area (Å²) in [6.45, 7) is 18.2. The zero-order chi connectivity index (χ0) is 23.9. The van der Waals surface area contributed by atoms with Gasteiger partial charge >= 0.3 is 0 Å². The lowest BCUT2D eigenvalue weighted by Crippen LogP contribution is -2.37. The topological polar surface area (TPSA) is 75.0 Å². The van der Waals surface area contributed by atoms with Crippen LogP contribution in [0.5, 0.6) is 0 Å². The zero-order valence-corrected chi connectivity index (χ0v) is 23.2. The van der Waals surface area contributed by atoms with E-state index in [2.05, 4.69) is 38.7 Å². The molecule has 6 nitrogen and oxygen atoms in total. The molecule has 1 aliphatic rings. The maximum absolute atomic E-state index is 8.58. The highest BCUT2D eigenvalue weighted by molar-refractivity contribution is 7.48. The van der Waals surface area contributed by atoms with Crippen molar-refractivity contribution in [2.75, 3.05) is 27.4 Å². The SMILES string of the molecule is CC.CC.CC(C)N(CCC#N)C(C)C.COP(OC)C1CCC(COPO)CC1. The molecule has 30 heavy (non-hydrogen) atoms. The van der Waals surface area contributed by atoms with Gasteiger partial charge in [0, 0.05) is 44.9 Å². The fraction of sp³-hybridized carbons (Fsp3) is 0.955. The van der Waals surface area contributed by atoms with Crippen molar-refractivity contribution in [2.24, 2.45) is 5.92 Å². The molecule has 0 saturated heterocycles. The maximum atomic E-state index is 8.58. The number of nitrogens with zero attached hydrogens (tertiary/aromatic N) is 2. The third-order valence-corrected chi connectivity index (χ3v) is 6.79. The smallest absolute Gasteiger partial charge is 0.173 e. The van der Waals surface area contributed by atoms with Gasteiger partial charge in [-0.3, -0.25) is 4.90 Å². The molecule has 0 radical (unpaired) electrons. The van der Waals surface area contributed by atoms with Gasteiger partial charge in [-0.05, 0) is 59.3 Å². The molecule has 0 aromatic heterocycles. The summed E-state index contributed by atoms with van der Waals surface area (Å²) >= 11 is 0. The molecule has 1 unspecified atom stereocenters. The van der Waals surface area contributed by atoms with Gasteiger partial charge in [-0.15, -0.1) is 0 Å². The second-order valence-electron chi connectivity index (χ2n) is 7.06. The van der Waals surface area contributed by atoms with Gasteiger partial charge in [0.2, 0.25) is 0 Å². The normalized spacial score (nSPS) is 18.5. The van der Waals surface area contributed by atoms with Crippen LogP contribution in [-0.2, 0) is 13.6 Å². The summed E-state index contributed by atoms with van der Waals surface area (Å²) in [5.74, 6) is 0.603. The summed E-state index contributed by atoms with van der Waals surface area (Å²) in [6, 6.07) is 3.26. The molecule has 1 N–H and O–H groups in total. The van der Waals surface area contributed by atoms with Crippen LogP contribution in [0.2, 0.25) is 0 Å². The van der Waals surface area contributed by atoms with Gasteiger partial charge in [-0.25, -0.2) is 0 Å². The Morgan fingerprint density at radius 2 is 1.47 bits per heavy atom. The Labute approximate surface area is 190 Å². The summed E-state index contributed by atoms with van der Waals surface area (Å²) < 4.78 is 15.7. The van der Waals surface area contributed by atoms with Crippen molar-refractivity contribution in [1.29, 1.82) is 5.26 Å². The van der Waals surface area contributed by atoms with Crippen LogP contribution in [0.1, 0.15) is 87.5 Å². The van der Waals surface area contributed by atoms with Crippen LogP contribution in [0.3, 0.4) is 0 Å².